The molecule has 0 aliphatic heterocycles. The molecule has 6 nitrogen and oxygen atoms in total. The maximum atomic E-state index is 12.6. The molecule has 1 aliphatic carbocycles. The van der Waals surface area contributed by atoms with Crippen LogP contribution in [0.4, 0.5) is 0 Å². The molecule has 0 radical (unpaired) electrons. The summed E-state index contributed by atoms with van der Waals surface area (Å²) in [6.45, 7) is 5.36. The molecule has 2 amide bonds. The van der Waals surface area contributed by atoms with Gasteiger partial charge in [-0.15, -0.1) is 0 Å². The molecule has 0 saturated heterocycles. The van der Waals surface area contributed by atoms with E-state index in [1.807, 2.05) is 18.7 Å². The average molecular weight is 319 g/mol. The van der Waals surface area contributed by atoms with Crippen LogP contribution >= 0.6 is 0 Å². The molecule has 0 unspecified atom stereocenters. The third-order valence-corrected chi connectivity index (χ3v) is 4.43. The van der Waals surface area contributed by atoms with E-state index in [-0.39, 0.29) is 23.8 Å². The Kier molecular flexibility index (Phi) is 5.96. The van der Waals surface area contributed by atoms with Gasteiger partial charge in [-0.05, 0) is 32.8 Å². The standard InChI is InChI=1S/C17H25N3O3/c1-4-20(5-2)17(22)13-7-6-8-14(13)19-16(21)12-9-10-15(23-3)18-11-12/h9-11,13-14H,4-8H2,1-3H3,(H,19,21)/t13-,14+/m0/s1. The van der Waals surface area contributed by atoms with Gasteiger partial charge in [-0.1, -0.05) is 6.42 Å². The number of hydrogen-bond donors (Lipinski definition) is 1. The van der Waals surface area contributed by atoms with Crippen LogP contribution in [0, 0.1) is 5.92 Å². The Morgan fingerprint density at radius 1 is 1.30 bits per heavy atom. The summed E-state index contributed by atoms with van der Waals surface area (Å²) in [5.41, 5.74) is 0.478. The van der Waals surface area contributed by atoms with Crippen molar-refractivity contribution in [3.63, 3.8) is 0 Å². The minimum Gasteiger partial charge on any atom is -0.481 e. The van der Waals surface area contributed by atoms with E-state index in [4.69, 9.17) is 4.74 Å². The molecule has 1 aromatic rings. The van der Waals surface area contributed by atoms with E-state index in [9.17, 15) is 9.59 Å². The van der Waals surface area contributed by atoms with Crippen molar-refractivity contribution in [1.82, 2.24) is 15.2 Å². The Morgan fingerprint density at radius 3 is 2.61 bits per heavy atom. The molecule has 1 heterocycles. The number of hydrogen-bond acceptors (Lipinski definition) is 4. The molecule has 6 heteroatoms. The number of nitrogens with zero attached hydrogens (tertiary/aromatic N) is 2. The average Bonchev–Trinajstić information content (AvgIpc) is 3.04. The third kappa shape index (κ3) is 4.00. The number of nitrogens with one attached hydrogen (secondary N) is 1. The second-order valence-corrected chi connectivity index (χ2v) is 5.72. The zero-order valence-corrected chi connectivity index (χ0v) is 14.0. The maximum Gasteiger partial charge on any atom is 0.253 e. The van der Waals surface area contributed by atoms with Gasteiger partial charge in [-0.25, -0.2) is 4.98 Å². The van der Waals surface area contributed by atoms with Gasteiger partial charge in [0.25, 0.3) is 5.91 Å². The second kappa shape index (κ2) is 7.94. The van der Waals surface area contributed by atoms with E-state index in [2.05, 4.69) is 10.3 Å². The Hall–Kier alpha value is -2.11. The maximum absolute atomic E-state index is 12.6. The van der Waals surface area contributed by atoms with Crippen molar-refractivity contribution in [2.45, 2.75) is 39.2 Å². The van der Waals surface area contributed by atoms with Gasteiger partial charge in [0.1, 0.15) is 0 Å². The number of ether oxygens (including phenoxy) is 1. The highest BCUT2D eigenvalue weighted by atomic mass is 16.5. The van der Waals surface area contributed by atoms with Crippen molar-refractivity contribution in [3.05, 3.63) is 23.9 Å². The number of amides is 2. The summed E-state index contributed by atoms with van der Waals surface area (Å²) in [5.74, 6) is 0.303. The number of rotatable bonds is 6. The molecule has 0 aromatic carbocycles. The number of aromatic nitrogens is 1. The molecular weight excluding hydrogens is 294 g/mol. The fraction of sp³-hybridized carbons (Fsp3) is 0.588. The third-order valence-electron chi connectivity index (χ3n) is 4.43. The van der Waals surface area contributed by atoms with Crippen LogP contribution in [0.5, 0.6) is 5.88 Å². The second-order valence-electron chi connectivity index (χ2n) is 5.72. The van der Waals surface area contributed by atoms with Crippen molar-refractivity contribution in [1.29, 1.82) is 0 Å². The van der Waals surface area contributed by atoms with Gasteiger partial charge in [-0.2, -0.15) is 0 Å². The summed E-state index contributed by atoms with van der Waals surface area (Å²) in [4.78, 5) is 30.8. The summed E-state index contributed by atoms with van der Waals surface area (Å²) in [6, 6.07) is 3.23. The normalized spacial score (nSPS) is 20.1. The first kappa shape index (κ1) is 17.2. The summed E-state index contributed by atoms with van der Waals surface area (Å²) in [6.07, 6.45) is 4.13. The van der Waals surface area contributed by atoms with Crippen LogP contribution in [0.2, 0.25) is 0 Å². The SMILES string of the molecule is CCN(CC)C(=O)[C@H]1CCC[C@H]1NC(=O)c1ccc(OC)nc1. The van der Waals surface area contributed by atoms with Crippen molar-refractivity contribution in [3.8, 4) is 5.88 Å². The summed E-state index contributed by atoms with van der Waals surface area (Å²) in [5, 5.41) is 3.00. The fourth-order valence-electron chi connectivity index (χ4n) is 3.09. The lowest BCUT2D eigenvalue weighted by Gasteiger charge is -2.27. The van der Waals surface area contributed by atoms with E-state index in [0.717, 1.165) is 19.3 Å². The number of pyridine rings is 1. The van der Waals surface area contributed by atoms with Gasteiger partial charge in [-0.3, -0.25) is 9.59 Å². The minimum atomic E-state index is -0.190. The summed E-state index contributed by atoms with van der Waals surface area (Å²) >= 11 is 0. The summed E-state index contributed by atoms with van der Waals surface area (Å²) in [7, 11) is 1.53. The van der Waals surface area contributed by atoms with E-state index < -0.39 is 0 Å². The smallest absolute Gasteiger partial charge is 0.253 e. The van der Waals surface area contributed by atoms with Crippen molar-refractivity contribution >= 4 is 11.8 Å². The Morgan fingerprint density at radius 2 is 2.04 bits per heavy atom. The molecular formula is C17H25N3O3. The fourth-order valence-corrected chi connectivity index (χ4v) is 3.09. The van der Waals surface area contributed by atoms with Crippen LogP contribution in [0.3, 0.4) is 0 Å². The zero-order valence-electron chi connectivity index (χ0n) is 14.0. The number of carbonyl (C=O) groups is 2. The quantitative estimate of drug-likeness (QED) is 0.869. The van der Waals surface area contributed by atoms with Crippen LogP contribution in [-0.4, -0.2) is 47.9 Å². The highest BCUT2D eigenvalue weighted by Crippen LogP contribution is 2.28. The number of carbonyl (C=O) groups excluding carboxylic acids is 2. The van der Waals surface area contributed by atoms with E-state index >= 15 is 0 Å². The predicted octanol–water partition coefficient (Wildman–Crippen LogP) is 1.86. The van der Waals surface area contributed by atoms with Gasteiger partial charge >= 0.3 is 0 Å². The van der Waals surface area contributed by atoms with Gasteiger partial charge < -0.3 is 15.0 Å². The lowest BCUT2D eigenvalue weighted by Crippen LogP contribution is -2.45. The van der Waals surface area contributed by atoms with Crippen LogP contribution in [0.15, 0.2) is 18.3 Å². The van der Waals surface area contributed by atoms with Crippen molar-refractivity contribution in [2.75, 3.05) is 20.2 Å². The first-order chi connectivity index (χ1) is 11.1. The molecule has 2 rings (SSSR count). The van der Waals surface area contributed by atoms with E-state index in [1.54, 1.807) is 12.1 Å². The van der Waals surface area contributed by atoms with Crippen LogP contribution in [0.25, 0.3) is 0 Å². The van der Waals surface area contributed by atoms with Gasteiger partial charge in [0.2, 0.25) is 11.8 Å². The molecule has 2 atom stereocenters. The van der Waals surface area contributed by atoms with Crippen LogP contribution < -0.4 is 10.1 Å². The largest absolute Gasteiger partial charge is 0.481 e. The molecule has 1 N–H and O–H groups in total. The first-order valence-corrected chi connectivity index (χ1v) is 8.20. The number of methoxy groups -OCH3 is 1. The molecule has 0 spiro atoms. The highest BCUT2D eigenvalue weighted by molar-refractivity contribution is 5.94. The Bertz CT molecular complexity index is 541. The van der Waals surface area contributed by atoms with Crippen LogP contribution in [-0.2, 0) is 4.79 Å². The van der Waals surface area contributed by atoms with Crippen molar-refractivity contribution in [2.24, 2.45) is 5.92 Å². The van der Waals surface area contributed by atoms with Crippen LogP contribution in [0.1, 0.15) is 43.5 Å². The van der Waals surface area contributed by atoms with Gasteiger partial charge in [0.05, 0.1) is 18.6 Å². The summed E-state index contributed by atoms with van der Waals surface area (Å²) < 4.78 is 4.99. The monoisotopic (exact) mass is 319 g/mol. The lowest BCUT2D eigenvalue weighted by molar-refractivity contribution is -0.135. The van der Waals surface area contributed by atoms with E-state index in [0.29, 0.717) is 24.5 Å². The molecule has 126 valence electrons. The Balaban J connectivity index is 2.02. The minimum absolute atomic E-state index is 0.0994. The molecule has 23 heavy (non-hydrogen) atoms. The van der Waals surface area contributed by atoms with E-state index in [1.165, 1.54) is 13.3 Å². The Labute approximate surface area is 137 Å². The van der Waals surface area contributed by atoms with Crippen molar-refractivity contribution < 1.29 is 14.3 Å². The predicted molar refractivity (Wildman–Crippen MR) is 87.3 cm³/mol. The highest BCUT2D eigenvalue weighted by Gasteiger charge is 2.35. The molecule has 1 aromatic heterocycles. The van der Waals surface area contributed by atoms with Gasteiger partial charge in [0, 0.05) is 31.4 Å². The van der Waals surface area contributed by atoms with Gasteiger partial charge in [0.15, 0.2) is 0 Å². The molecule has 1 saturated carbocycles. The first-order valence-electron chi connectivity index (χ1n) is 8.20. The zero-order chi connectivity index (χ0) is 16.8. The molecule has 1 fully saturated rings. The molecule has 1 aliphatic rings. The molecule has 0 bridgehead atoms. The lowest BCUT2D eigenvalue weighted by atomic mass is 10.0. The topological polar surface area (TPSA) is 71.5 Å².